The van der Waals surface area contributed by atoms with E-state index in [0.29, 0.717) is 12.6 Å². The smallest absolute Gasteiger partial charge is 0.310 e. The zero-order valence-electron chi connectivity index (χ0n) is 11.9. The maximum Gasteiger partial charge on any atom is 0.310 e. The lowest BCUT2D eigenvalue weighted by Gasteiger charge is -2.28. The second-order valence-electron chi connectivity index (χ2n) is 5.16. The van der Waals surface area contributed by atoms with E-state index >= 15 is 0 Å². The number of nitrogens with zero attached hydrogens (tertiary/aromatic N) is 1. The van der Waals surface area contributed by atoms with Crippen LogP contribution in [0.1, 0.15) is 46.5 Å². The van der Waals surface area contributed by atoms with Gasteiger partial charge in [-0.15, -0.1) is 0 Å². The highest BCUT2D eigenvalue weighted by Crippen LogP contribution is 2.30. The Balaban J connectivity index is 2.65. The zero-order valence-corrected chi connectivity index (χ0v) is 11.9. The number of carbonyl (C=O) groups excluding carboxylic acids is 2. The molecule has 1 saturated carbocycles. The molecule has 0 N–H and O–H groups in total. The van der Waals surface area contributed by atoms with E-state index in [1.165, 1.54) is 7.11 Å². The molecule has 18 heavy (non-hydrogen) atoms. The summed E-state index contributed by atoms with van der Waals surface area (Å²) in [5.74, 6) is -0.180. The average Bonchev–Trinajstić information content (AvgIpc) is 3.20. The van der Waals surface area contributed by atoms with Gasteiger partial charge in [0.25, 0.3) is 0 Å². The van der Waals surface area contributed by atoms with E-state index in [2.05, 4.69) is 0 Å². The summed E-state index contributed by atoms with van der Waals surface area (Å²) in [4.78, 5) is 25.8. The minimum absolute atomic E-state index is 0.0930. The third kappa shape index (κ3) is 3.72. The van der Waals surface area contributed by atoms with Crippen LogP contribution in [0.25, 0.3) is 0 Å². The van der Waals surface area contributed by atoms with Crippen LogP contribution in [0.4, 0.5) is 0 Å². The molecule has 0 bridgehead atoms. The molecule has 4 heteroatoms. The van der Waals surface area contributed by atoms with Crippen molar-refractivity contribution in [3.05, 3.63) is 0 Å². The van der Waals surface area contributed by atoms with Crippen molar-refractivity contribution < 1.29 is 14.3 Å². The summed E-state index contributed by atoms with van der Waals surface area (Å²) in [7, 11) is 1.39. The summed E-state index contributed by atoms with van der Waals surface area (Å²) in [6, 6.07) is 0.352. The van der Waals surface area contributed by atoms with E-state index in [4.69, 9.17) is 4.74 Å². The number of hydrogen-bond donors (Lipinski definition) is 0. The van der Waals surface area contributed by atoms with Gasteiger partial charge in [-0.2, -0.15) is 0 Å². The van der Waals surface area contributed by atoms with Crippen LogP contribution < -0.4 is 0 Å². The van der Waals surface area contributed by atoms with Crippen LogP contribution in [0.3, 0.4) is 0 Å². The van der Waals surface area contributed by atoms with Gasteiger partial charge in [0.2, 0.25) is 5.91 Å². The Kier molecular flexibility index (Phi) is 5.63. The highest BCUT2D eigenvalue weighted by molar-refractivity contribution is 5.80. The van der Waals surface area contributed by atoms with Crippen molar-refractivity contribution in [2.75, 3.05) is 13.7 Å². The summed E-state index contributed by atoms with van der Waals surface area (Å²) in [5.41, 5.74) is 0. The fraction of sp³-hybridized carbons (Fsp3) is 0.857. The van der Waals surface area contributed by atoms with Crippen molar-refractivity contribution in [3.8, 4) is 0 Å². The highest BCUT2D eigenvalue weighted by Gasteiger charge is 2.36. The quantitative estimate of drug-likeness (QED) is 0.655. The SMILES string of the molecule is CCC(CC)C(=O)N(CC(C)C(=O)OC)C1CC1. The van der Waals surface area contributed by atoms with Gasteiger partial charge in [-0.25, -0.2) is 0 Å². The molecule has 1 aliphatic rings. The van der Waals surface area contributed by atoms with Crippen molar-refractivity contribution >= 4 is 11.9 Å². The summed E-state index contributed by atoms with van der Waals surface area (Å²) in [6.07, 6.45) is 3.87. The lowest BCUT2D eigenvalue weighted by atomic mass is 10.0. The number of ether oxygens (including phenoxy) is 1. The molecule has 1 fully saturated rings. The molecule has 1 atom stereocenters. The molecule has 1 rings (SSSR count). The van der Waals surface area contributed by atoms with Gasteiger partial charge in [-0.05, 0) is 25.7 Å². The molecule has 0 aromatic heterocycles. The zero-order chi connectivity index (χ0) is 13.7. The molecular formula is C14H25NO3. The average molecular weight is 255 g/mol. The van der Waals surface area contributed by atoms with Gasteiger partial charge in [-0.1, -0.05) is 20.8 Å². The van der Waals surface area contributed by atoms with Crippen LogP contribution in [0.15, 0.2) is 0 Å². The molecule has 0 aromatic rings. The fourth-order valence-electron chi connectivity index (χ4n) is 2.25. The van der Waals surface area contributed by atoms with Gasteiger partial charge in [0.15, 0.2) is 0 Å². The number of rotatable bonds is 7. The summed E-state index contributed by atoms with van der Waals surface area (Å²) < 4.78 is 4.73. The summed E-state index contributed by atoms with van der Waals surface area (Å²) in [5, 5.41) is 0. The van der Waals surface area contributed by atoms with E-state index < -0.39 is 0 Å². The van der Waals surface area contributed by atoms with Crippen molar-refractivity contribution in [3.63, 3.8) is 0 Å². The molecule has 0 aromatic carbocycles. The Morgan fingerprint density at radius 3 is 2.22 bits per heavy atom. The molecule has 1 unspecified atom stereocenters. The maximum absolute atomic E-state index is 12.4. The van der Waals surface area contributed by atoms with Crippen molar-refractivity contribution in [2.24, 2.45) is 11.8 Å². The first-order valence-corrected chi connectivity index (χ1v) is 6.93. The van der Waals surface area contributed by atoms with E-state index in [0.717, 1.165) is 25.7 Å². The van der Waals surface area contributed by atoms with Crippen LogP contribution in [0.2, 0.25) is 0 Å². The number of carbonyl (C=O) groups is 2. The Morgan fingerprint density at radius 2 is 1.83 bits per heavy atom. The molecule has 0 aliphatic heterocycles. The van der Waals surface area contributed by atoms with Gasteiger partial charge in [0.1, 0.15) is 0 Å². The molecule has 4 nitrogen and oxygen atoms in total. The monoisotopic (exact) mass is 255 g/mol. The lowest BCUT2D eigenvalue weighted by Crippen LogP contribution is -2.42. The fourth-order valence-corrected chi connectivity index (χ4v) is 2.25. The lowest BCUT2D eigenvalue weighted by molar-refractivity contribution is -0.147. The summed E-state index contributed by atoms with van der Waals surface area (Å²) >= 11 is 0. The molecule has 104 valence electrons. The minimum Gasteiger partial charge on any atom is -0.469 e. The van der Waals surface area contributed by atoms with Gasteiger partial charge in [0, 0.05) is 18.5 Å². The Labute approximate surface area is 110 Å². The van der Waals surface area contributed by atoms with Crippen molar-refractivity contribution in [2.45, 2.75) is 52.5 Å². The van der Waals surface area contributed by atoms with Crippen LogP contribution in [-0.2, 0) is 14.3 Å². The molecule has 1 amide bonds. The number of methoxy groups -OCH3 is 1. The molecule has 0 heterocycles. The summed E-state index contributed by atoms with van der Waals surface area (Å²) in [6.45, 7) is 6.40. The topological polar surface area (TPSA) is 46.6 Å². The van der Waals surface area contributed by atoms with E-state index in [1.54, 1.807) is 0 Å². The molecular weight excluding hydrogens is 230 g/mol. The van der Waals surface area contributed by atoms with E-state index in [9.17, 15) is 9.59 Å². The minimum atomic E-state index is -0.242. The first-order valence-electron chi connectivity index (χ1n) is 6.93. The van der Waals surface area contributed by atoms with Crippen LogP contribution >= 0.6 is 0 Å². The van der Waals surface area contributed by atoms with Crippen molar-refractivity contribution in [1.29, 1.82) is 0 Å². The first-order chi connectivity index (χ1) is 8.54. The Bertz CT molecular complexity index is 295. The second kappa shape index (κ2) is 6.76. The van der Waals surface area contributed by atoms with E-state index in [1.807, 2.05) is 25.7 Å². The number of amides is 1. The molecule has 0 radical (unpaired) electrons. The predicted octanol–water partition coefficient (Wildman–Crippen LogP) is 2.22. The predicted molar refractivity (Wildman–Crippen MR) is 70.0 cm³/mol. The Hall–Kier alpha value is -1.06. The second-order valence-corrected chi connectivity index (χ2v) is 5.16. The molecule has 1 aliphatic carbocycles. The normalized spacial score (nSPS) is 16.5. The maximum atomic E-state index is 12.4. The van der Waals surface area contributed by atoms with Gasteiger partial charge < -0.3 is 9.64 Å². The van der Waals surface area contributed by atoms with Crippen LogP contribution in [0, 0.1) is 11.8 Å². The van der Waals surface area contributed by atoms with Crippen LogP contribution in [-0.4, -0.2) is 36.5 Å². The standard InChI is InChI=1S/C14H25NO3/c1-5-11(6-2)13(16)15(12-7-8-12)9-10(3)14(17)18-4/h10-12H,5-9H2,1-4H3. The van der Waals surface area contributed by atoms with Crippen molar-refractivity contribution in [1.82, 2.24) is 4.90 Å². The van der Waals surface area contributed by atoms with Gasteiger partial charge in [-0.3, -0.25) is 9.59 Å². The highest BCUT2D eigenvalue weighted by atomic mass is 16.5. The Morgan fingerprint density at radius 1 is 1.28 bits per heavy atom. The molecule has 0 spiro atoms. The van der Waals surface area contributed by atoms with Crippen LogP contribution in [0.5, 0.6) is 0 Å². The van der Waals surface area contributed by atoms with E-state index in [-0.39, 0.29) is 23.7 Å². The molecule has 0 saturated heterocycles. The first kappa shape index (κ1) is 15.0. The number of hydrogen-bond acceptors (Lipinski definition) is 3. The van der Waals surface area contributed by atoms with Gasteiger partial charge >= 0.3 is 5.97 Å². The number of esters is 1. The van der Waals surface area contributed by atoms with Gasteiger partial charge in [0.05, 0.1) is 13.0 Å². The largest absolute Gasteiger partial charge is 0.469 e. The third-order valence-corrected chi connectivity index (χ3v) is 3.68. The third-order valence-electron chi connectivity index (χ3n) is 3.68.